The lowest BCUT2D eigenvalue weighted by Crippen LogP contribution is -2.36. The summed E-state index contributed by atoms with van der Waals surface area (Å²) in [5.41, 5.74) is 0. The lowest BCUT2D eigenvalue weighted by molar-refractivity contribution is -0.142. The Bertz CT molecular complexity index is 326. The van der Waals surface area contributed by atoms with Crippen LogP contribution in [-0.2, 0) is 19.6 Å². The summed E-state index contributed by atoms with van der Waals surface area (Å²) in [6, 6.07) is 0. The van der Waals surface area contributed by atoms with Gasteiger partial charge in [-0.25, -0.2) is 13.1 Å². The molecule has 0 rings (SSSR count). The Morgan fingerprint density at radius 2 is 2.00 bits per heavy atom. The van der Waals surface area contributed by atoms with Gasteiger partial charge in [0.25, 0.3) is 0 Å². The normalized spacial score (nSPS) is 13.9. The molecule has 0 aliphatic rings. The fourth-order valence-electron chi connectivity index (χ4n) is 1.29. The molecule has 0 saturated carbocycles. The third-order valence-corrected chi connectivity index (χ3v) is 3.84. The molecule has 0 bridgehead atoms. The Kier molecular flexibility index (Phi) is 7.33. The van der Waals surface area contributed by atoms with Crippen molar-refractivity contribution in [3.8, 4) is 0 Å². The van der Waals surface area contributed by atoms with Crippen LogP contribution >= 0.6 is 0 Å². The Morgan fingerprint density at radius 1 is 1.41 bits per heavy atom. The Labute approximate surface area is 102 Å². The number of aliphatic carboxylic acids is 1. The third kappa shape index (κ3) is 7.30. The van der Waals surface area contributed by atoms with Gasteiger partial charge in [0.05, 0.1) is 11.7 Å². The van der Waals surface area contributed by atoms with Gasteiger partial charge in [0, 0.05) is 20.3 Å². The van der Waals surface area contributed by atoms with Gasteiger partial charge >= 0.3 is 5.97 Å². The van der Waals surface area contributed by atoms with Crippen LogP contribution < -0.4 is 4.72 Å². The molecule has 0 spiro atoms. The van der Waals surface area contributed by atoms with Crippen LogP contribution in [0.2, 0.25) is 0 Å². The first-order chi connectivity index (χ1) is 7.80. The first-order valence-electron chi connectivity index (χ1n) is 5.49. The molecule has 0 amide bonds. The summed E-state index contributed by atoms with van der Waals surface area (Å²) in [5.74, 6) is -1.85. The van der Waals surface area contributed by atoms with Gasteiger partial charge in [-0.15, -0.1) is 0 Å². The molecule has 0 saturated heterocycles. The fraction of sp³-hybridized carbons (Fsp3) is 0.900. The zero-order chi connectivity index (χ0) is 13.5. The zero-order valence-electron chi connectivity index (χ0n) is 10.5. The molecule has 0 radical (unpaired) electrons. The van der Waals surface area contributed by atoms with Crippen molar-refractivity contribution in [2.24, 2.45) is 11.8 Å². The van der Waals surface area contributed by atoms with Crippen LogP contribution in [0.4, 0.5) is 0 Å². The minimum Gasteiger partial charge on any atom is -0.481 e. The molecule has 6 nitrogen and oxygen atoms in total. The number of carbonyl (C=O) groups is 1. The van der Waals surface area contributed by atoms with Gasteiger partial charge in [0.15, 0.2) is 0 Å². The van der Waals surface area contributed by atoms with Crippen molar-refractivity contribution in [3.63, 3.8) is 0 Å². The molecule has 0 aromatic rings. The van der Waals surface area contributed by atoms with Crippen molar-refractivity contribution in [1.29, 1.82) is 0 Å². The highest BCUT2D eigenvalue weighted by atomic mass is 32.2. The summed E-state index contributed by atoms with van der Waals surface area (Å²) in [4.78, 5) is 10.9. The van der Waals surface area contributed by atoms with Crippen molar-refractivity contribution >= 4 is 16.0 Å². The van der Waals surface area contributed by atoms with E-state index < -0.39 is 21.9 Å². The number of sulfonamides is 1. The Balaban J connectivity index is 4.19. The predicted molar refractivity (Wildman–Crippen MR) is 64.2 cm³/mol. The van der Waals surface area contributed by atoms with Crippen molar-refractivity contribution in [2.75, 3.05) is 26.0 Å². The van der Waals surface area contributed by atoms with Crippen molar-refractivity contribution < 1.29 is 23.1 Å². The minimum absolute atomic E-state index is 0.0503. The molecule has 17 heavy (non-hydrogen) atoms. The number of carboxylic acids is 1. The van der Waals surface area contributed by atoms with Crippen LogP contribution in [0.15, 0.2) is 0 Å². The molecule has 0 heterocycles. The SMILES string of the molecule is COCCCS(=O)(=O)NCC(C(=O)O)C(C)C. The van der Waals surface area contributed by atoms with Gasteiger partial charge in [0.2, 0.25) is 10.0 Å². The second-order valence-corrected chi connectivity index (χ2v) is 6.13. The lowest BCUT2D eigenvalue weighted by atomic mass is 9.97. The second-order valence-electron chi connectivity index (χ2n) is 4.20. The second kappa shape index (κ2) is 7.62. The Morgan fingerprint density at radius 3 is 2.41 bits per heavy atom. The van der Waals surface area contributed by atoms with Gasteiger partial charge in [-0.2, -0.15) is 0 Å². The minimum atomic E-state index is -3.41. The summed E-state index contributed by atoms with van der Waals surface area (Å²) < 4.78 is 30.1. The molecule has 0 aromatic carbocycles. The summed E-state index contributed by atoms with van der Waals surface area (Å²) in [7, 11) is -1.91. The molecule has 1 atom stereocenters. The van der Waals surface area contributed by atoms with Gasteiger partial charge in [0.1, 0.15) is 0 Å². The number of ether oxygens (including phenoxy) is 1. The van der Waals surface area contributed by atoms with E-state index in [0.29, 0.717) is 13.0 Å². The molecule has 7 heteroatoms. The van der Waals surface area contributed by atoms with Crippen LogP contribution in [-0.4, -0.2) is 45.5 Å². The zero-order valence-corrected chi connectivity index (χ0v) is 11.3. The monoisotopic (exact) mass is 267 g/mol. The maximum atomic E-state index is 11.5. The van der Waals surface area contributed by atoms with Crippen LogP contribution in [0.3, 0.4) is 0 Å². The Hall–Kier alpha value is -0.660. The van der Waals surface area contributed by atoms with E-state index >= 15 is 0 Å². The molecular formula is C10H21NO5S. The number of hydrogen-bond donors (Lipinski definition) is 2. The van der Waals surface area contributed by atoms with Crippen LogP contribution in [0, 0.1) is 11.8 Å². The van der Waals surface area contributed by atoms with Crippen molar-refractivity contribution in [1.82, 2.24) is 4.72 Å². The number of rotatable bonds is 9. The van der Waals surface area contributed by atoms with Crippen LogP contribution in [0.1, 0.15) is 20.3 Å². The highest BCUT2D eigenvalue weighted by molar-refractivity contribution is 7.89. The van der Waals surface area contributed by atoms with E-state index in [9.17, 15) is 13.2 Å². The van der Waals surface area contributed by atoms with Gasteiger partial charge < -0.3 is 9.84 Å². The van der Waals surface area contributed by atoms with Crippen molar-refractivity contribution in [3.05, 3.63) is 0 Å². The van der Waals surface area contributed by atoms with Crippen molar-refractivity contribution in [2.45, 2.75) is 20.3 Å². The molecule has 0 aliphatic carbocycles. The molecule has 0 fully saturated rings. The standard InChI is InChI=1S/C10H21NO5S/c1-8(2)9(10(12)13)7-11-17(14,15)6-4-5-16-3/h8-9,11H,4-7H2,1-3H3,(H,12,13). The first-order valence-corrected chi connectivity index (χ1v) is 7.14. The van der Waals surface area contributed by atoms with Crippen LogP contribution in [0.25, 0.3) is 0 Å². The average Bonchev–Trinajstić information content (AvgIpc) is 2.16. The molecule has 0 aromatic heterocycles. The molecule has 1 unspecified atom stereocenters. The first kappa shape index (κ1) is 16.3. The summed E-state index contributed by atoms with van der Waals surface area (Å²) in [6.07, 6.45) is 0.394. The maximum absolute atomic E-state index is 11.5. The van der Waals surface area contributed by atoms with Gasteiger partial charge in [-0.3, -0.25) is 4.79 Å². The summed E-state index contributed by atoms with van der Waals surface area (Å²) >= 11 is 0. The van der Waals surface area contributed by atoms with Crippen LogP contribution in [0.5, 0.6) is 0 Å². The quantitative estimate of drug-likeness (QED) is 0.586. The summed E-state index contributed by atoms with van der Waals surface area (Å²) in [5, 5.41) is 8.90. The lowest BCUT2D eigenvalue weighted by Gasteiger charge is -2.16. The number of hydrogen-bond acceptors (Lipinski definition) is 4. The van der Waals surface area contributed by atoms with E-state index in [1.165, 1.54) is 7.11 Å². The molecule has 0 aliphatic heterocycles. The number of methoxy groups -OCH3 is 1. The molecular weight excluding hydrogens is 246 g/mol. The highest BCUT2D eigenvalue weighted by Crippen LogP contribution is 2.10. The van der Waals surface area contributed by atoms with E-state index in [1.807, 2.05) is 0 Å². The van der Waals surface area contributed by atoms with Gasteiger partial charge in [-0.1, -0.05) is 13.8 Å². The largest absolute Gasteiger partial charge is 0.481 e. The highest BCUT2D eigenvalue weighted by Gasteiger charge is 2.23. The van der Waals surface area contributed by atoms with E-state index in [4.69, 9.17) is 9.84 Å². The van der Waals surface area contributed by atoms with Gasteiger partial charge in [-0.05, 0) is 12.3 Å². The summed E-state index contributed by atoms with van der Waals surface area (Å²) in [6.45, 7) is 3.80. The maximum Gasteiger partial charge on any atom is 0.308 e. The topological polar surface area (TPSA) is 92.7 Å². The van der Waals surface area contributed by atoms with E-state index in [-0.39, 0.29) is 18.2 Å². The molecule has 102 valence electrons. The number of carboxylic acid groups (broad SMARTS) is 1. The average molecular weight is 267 g/mol. The van der Waals surface area contributed by atoms with E-state index in [2.05, 4.69) is 4.72 Å². The molecule has 2 N–H and O–H groups in total. The number of nitrogens with one attached hydrogen (secondary N) is 1. The fourth-order valence-corrected chi connectivity index (χ4v) is 2.37. The van der Waals surface area contributed by atoms with E-state index in [0.717, 1.165) is 0 Å². The predicted octanol–water partition coefficient (Wildman–Crippen LogP) is 0.299. The smallest absolute Gasteiger partial charge is 0.308 e. The third-order valence-electron chi connectivity index (χ3n) is 2.41. The van der Waals surface area contributed by atoms with E-state index in [1.54, 1.807) is 13.8 Å².